The molecule has 4 aromatic rings. The number of nitrogens with zero attached hydrogens (tertiary/aromatic N) is 2. The van der Waals surface area contributed by atoms with E-state index >= 15 is 0 Å². The van der Waals surface area contributed by atoms with Gasteiger partial charge in [-0.25, -0.2) is 9.37 Å². The highest BCUT2D eigenvalue weighted by Gasteiger charge is 2.15. The topological polar surface area (TPSA) is 70.5 Å². The summed E-state index contributed by atoms with van der Waals surface area (Å²) in [4.78, 5) is 30.5. The molecule has 0 saturated carbocycles. The van der Waals surface area contributed by atoms with Crippen LogP contribution < -0.4 is 0 Å². The third-order valence-corrected chi connectivity index (χ3v) is 6.28. The highest BCUT2D eigenvalue weighted by Crippen LogP contribution is 2.28. The first-order chi connectivity index (χ1) is 17.3. The number of carbonyl (C=O) groups is 2. The van der Waals surface area contributed by atoms with E-state index in [1.807, 2.05) is 30.3 Å². The van der Waals surface area contributed by atoms with Crippen molar-refractivity contribution in [2.45, 2.75) is 32.2 Å². The smallest absolute Gasteiger partial charge is 0.303 e. The minimum absolute atomic E-state index is 0.103. The maximum absolute atomic E-state index is 13.5. The molecule has 0 spiro atoms. The summed E-state index contributed by atoms with van der Waals surface area (Å²) in [5, 5.41) is 10.4. The van der Waals surface area contributed by atoms with E-state index in [1.165, 1.54) is 12.1 Å². The molecule has 0 unspecified atom stereocenters. The molecule has 3 aromatic carbocycles. The van der Waals surface area contributed by atoms with Crippen LogP contribution >= 0.6 is 11.6 Å². The van der Waals surface area contributed by atoms with Crippen molar-refractivity contribution in [1.82, 2.24) is 9.88 Å². The monoisotopic (exact) mass is 504 g/mol. The molecule has 0 atom stereocenters. The van der Waals surface area contributed by atoms with Gasteiger partial charge in [-0.05, 0) is 91.1 Å². The standard InChI is InChI=1S/C29H26ClFN2O3/c1-33(18-19-6-11-24(30)12-7-19)29(36)22-10-15-26-23(17-22)16-21(4-2-3-5-27(34)35)28(32-26)20-8-13-25(31)14-9-20/h6-17H,2-5,18H2,1H3,(H,34,35). The number of aromatic nitrogens is 1. The molecule has 0 radical (unpaired) electrons. The van der Waals surface area contributed by atoms with E-state index < -0.39 is 5.97 Å². The summed E-state index contributed by atoms with van der Waals surface area (Å²) in [5.41, 5.74) is 4.70. The molecule has 7 heteroatoms. The lowest BCUT2D eigenvalue weighted by Gasteiger charge is -2.18. The number of unbranched alkanes of at least 4 members (excludes halogenated alkanes) is 1. The van der Waals surface area contributed by atoms with Gasteiger partial charge in [-0.3, -0.25) is 9.59 Å². The van der Waals surface area contributed by atoms with Gasteiger partial charge in [-0.15, -0.1) is 0 Å². The van der Waals surface area contributed by atoms with Crippen molar-refractivity contribution in [3.63, 3.8) is 0 Å². The lowest BCUT2D eigenvalue weighted by atomic mass is 9.98. The molecule has 0 aliphatic carbocycles. The second kappa shape index (κ2) is 11.3. The minimum atomic E-state index is -0.823. The summed E-state index contributed by atoms with van der Waals surface area (Å²) in [5.74, 6) is -1.26. The lowest BCUT2D eigenvalue weighted by molar-refractivity contribution is -0.137. The fourth-order valence-electron chi connectivity index (χ4n) is 4.15. The van der Waals surface area contributed by atoms with E-state index in [0.29, 0.717) is 36.4 Å². The number of amides is 1. The van der Waals surface area contributed by atoms with Gasteiger partial charge in [-0.1, -0.05) is 23.7 Å². The molecule has 5 nitrogen and oxygen atoms in total. The van der Waals surface area contributed by atoms with Gasteiger partial charge >= 0.3 is 5.97 Å². The number of halogens is 2. The SMILES string of the molecule is CN(Cc1ccc(Cl)cc1)C(=O)c1ccc2nc(-c3ccc(F)cc3)c(CCCCC(=O)O)cc2c1. The van der Waals surface area contributed by atoms with Gasteiger partial charge in [0.1, 0.15) is 5.82 Å². The van der Waals surface area contributed by atoms with Crippen molar-refractivity contribution < 1.29 is 19.1 Å². The van der Waals surface area contributed by atoms with E-state index in [4.69, 9.17) is 21.7 Å². The zero-order valence-electron chi connectivity index (χ0n) is 19.9. The lowest BCUT2D eigenvalue weighted by Crippen LogP contribution is -2.26. The molecule has 1 heterocycles. The van der Waals surface area contributed by atoms with Crippen LogP contribution in [0.15, 0.2) is 72.8 Å². The maximum Gasteiger partial charge on any atom is 0.303 e. The van der Waals surface area contributed by atoms with E-state index in [-0.39, 0.29) is 18.1 Å². The normalized spacial score (nSPS) is 11.0. The summed E-state index contributed by atoms with van der Waals surface area (Å²) in [6.45, 7) is 0.449. The van der Waals surface area contributed by atoms with E-state index in [1.54, 1.807) is 42.3 Å². The molecule has 0 saturated heterocycles. The molecular formula is C29H26ClFN2O3. The van der Waals surface area contributed by atoms with E-state index in [0.717, 1.165) is 33.3 Å². The first kappa shape index (κ1) is 25.3. The predicted octanol–water partition coefficient (Wildman–Crippen LogP) is 6.76. The van der Waals surface area contributed by atoms with Crippen molar-refractivity contribution in [2.24, 2.45) is 0 Å². The van der Waals surface area contributed by atoms with E-state index in [9.17, 15) is 14.0 Å². The van der Waals surface area contributed by atoms with E-state index in [2.05, 4.69) is 0 Å². The second-order valence-corrected chi connectivity index (χ2v) is 9.24. The summed E-state index contributed by atoms with van der Waals surface area (Å²) < 4.78 is 13.5. The van der Waals surface area contributed by atoms with Gasteiger partial charge in [0.05, 0.1) is 11.2 Å². The number of carboxylic acid groups (broad SMARTS) is 1. The molecule has 1 N–H and O–H groups in total. The van der Waals surface area contributed by atoms with Crippen molar-refractivity contribution in [2.75, 3.05) is 7.05 Å². The van der Waals surface area contributed by atoms with Crippen LogP contribution in [0, 0.1) is 5.82 Å². The van der Waals surface area contributed by atoms with Crippen LogP contribution in [0.4, 0.5) is 4.39 Å². The Kier molecular flexibility index (Phi) is 7.96. The largest absolute Gasteiger partial charge is 0.481 e. The molecule has 36 heavy (non-hydrogen) atoms. The highest BCUT2D eigenvalue weighted by molar-refractivity contribution is 6.30. The Bertz CT molecular complexity index is 1390. The molecule has 0 aliphatic rings. The number of rotatable bonds is 9. The molecule has 0 fully saturated rings. The van der Waals surface area contributed by atoms with Gasteiger partial charge in [0, 0.05) is 41.5 Å². The average molecular weight is 505 g/mol. The Morgan fingerprint density at radius 1 is 0.972 bits per heavy atom. The van der Waals surface area contributed by atoms with Crippen LogP contribution in [0.1, 0.15) is 40.7 Å². The minimum Gasteiger partial charge on any atom is -0.481 e. The third kappa shape index (κ3) is 6.26. The highest BCUT2D eigenvalue weighted by atomic mass is 35.5. The molecular weight excluding hydrogens is 479 g/mol. The Balaban J connectivity index is 1.63. The fraction of sp³-hybridized carbons (Fsp3) is 0.207. The van der Waals surface area contributed by atoms with Crippen LogP contribution in [-0.2, 0) is 17.8 Å². The zero-order chi connectivity index (χ0) is 25.7. The van der Waals surface area contributed by atoms with Crippen LogP contribution in [0.5, 0.6) is 0 Å². The number of carbonyl (C=O) groups excluding carboxylic acids is 1. The number of benzene rings is 3. The van der Waals surface area contributed by atoms with Crippen molar-refractivity contribution in [3.8, 4) is 11.3 Å². The second-order valence-electron chi connectivity index (χ2n) is 8.80. The van der Waals surface area contributed by atoms with Crippen molar-refractivity contribution >= 4 is 34.4 Å². The number of hydrogen-bond donors (Lipinski definition) is 1. The van der Waals surface area contributed by atoms with Gasteiger partial charge < -0.3 is 10.0 Å². The number of pyridine rings is 1. The van der Waals surface area contributed by atoms with Crippen LogP contribution in [0.3, 0.4) is 0 Å². The molecule has 1 aromatic heterocycles. The van der Waals surface area contributed by atoms with Gasteiger partial charge in [0.15, 0.2) is 0 Å². The van der Waals surface area contributed by atoms with Gasteiger partial charge in [0.25, 0.3) is 5.91 Å². The summed E-state index contributed by atoms with van der Waals surface area (Å²) >= 11 is 5.96. The Labute approximate surface area is 214 Å². The van der Waals surface area contributed by atoms with Gasteiger partial charge in [0.2, 0.25) is 0 Å². The first-order valence-corrected chi connectivity index (χ1v) is 12.1. The van der Waals surface area contributed by atoms with Crippen LogP contribution in [0.2, 0.25) is 5.02 Å². The van der Waals surface area contributed by atoms with Crippen molar-refractivity contribution in [1.29, 1.82) is 0 Å². The molecule has 184 valence electrons. The summed E-state index contributed by atoms with van der Waals surface area (Å²) in [7, 11) is 1.75. The zero-order valence-corrected chi connectivity index (χ0v) is 20.6. The Morgan fingerprint density at radius 3 is 2.39 bits per heavy atom. The third-order valence-electron chi connectivity index (χ3n) is 6.02. The molecule has 1 amide bonds. The number of aliphatic carboxylic acids is 1. The predicted molar refractivity (Wildman–Crippen MR) is 140 cm³/mol. The number of carboxylic acids is 1. The van der Waals surface area contributed by atoms with Crippen LogP contribution in [-0.4, -0.2) is 33.9 Å². The Hall–Kier alpha value is -3.77. The van der Waals surface area contributed by atoms with Crippen molar-refractivity contribution in [3.05, 3.63) is 100 Å². The average Bonchev–Trinajstić information content (AvgIpc) is 2.87. The molecule has 0 aliphatic heterocycles. The quantitative estimate of drug-likeness (QED) is 0.255. The fourth-order valence-corrected chi connectivity index (χ4v) is 4.28. The summed E-state index contributed by atoms with van der Waals surface area (Å²) in [6, 6.07) is 21.0. The number of hydrogen-bond acceptors (Lipinski definition) is 3. The maximum atomic E-state index is 13.5. The molecule has 0 bridgehead atoms. The van der Waals surface area contributed by atoms with Crippen LogP contribution in [0.25, 0.3) is 22.2 Å². The molecule has 4 rings (SSSR count). The number of aryl methyl sites for hydroxylation is 1. The van der Waals surface area contributed by atoms with Gasteiger partial charge in [-0.2, -0.15) is 0 Å². The number of fused-ring (bicyclic) bond motifs is 1. The Morgan fingerprint density at radius 2 is 1.69 bits per heavy atom. The first-order valence-electron chi connectivity index (χ1n) is 11.7. The summed E-state index contributed by atoms with van der Waals surface area (Å²) in [6.07, 6.45) is 1.95.